The SMILES string of the molecule is C[n+]1cnn(-c2ccc3c(c2)C(C)(C)c2ccccc2-3)n1. The number of aryl methyl sites for hydroxylation is 1. The standard InChI is InChI=1S/C17H17N4/c1-17(2)15-7-5-4-6-13(15)14-9-8-12(10-16(14)17)21-18-11-20(3)19-21/h4-11H,1-3H3/q+1. The summed E-state index contributed by atoms with van der Waals surface area (Å²) in [5.74, 6) is 0. The van der Waals surface area contributed by atoms with E-state index in [-0.39, 0.29) is 5.41 Å². The molecule has 0 radical (unpaired) electrons. The summed E-state index contributed by atoms with van der Waals surface area (Å²) in [7, 11) is 1.87. The fourth-order valence-electron chi connectivity index (χ4n) is 3.24. The Bertz CT molecular complexity index is 846. The van der Waals surface area contributed by atoms with Crippen molar-refractivity contribution in [1.82, 2.24) is 15.1 Å². The number of tetrazole rings is 1. The molecule has 0 fully saturated rings. The summed E-state index contributed by atoms with van der Waals surface area (Å²) in [6.07, 6.45) is 1.70. The second kappa shape index (κ2) is 4.01. The van der Waals surface area contributed by atoms with Crippen LogP contribution in [0.5, 0.6) is 0 Å². The molecule has 3 aromatic rings. The monoisotopic (exact) mass is 277 g/mol. The van der Waals surface area contributed by atoms with E-state index in [4.69, 9.17) is 0 Å². The van der Waals surface area contributed by atoms with E-state index in [1.807, 2.05) is 7.05 Å². The summed E-state index contributed by atoms with van der Waals surface area (Å²) >= 11 is 0. The van der Waals surface area contributed by atoms with Gasteiger partial charge in [-0.1, -0.05) is 44.2 Å². The van der Waals surface area contributed by atoms with Gasteiger partial charge in [0.2, 0.25) is 0 Å². The third-order valence-corrected chi connectivity index (χ3v) is 4.35. The second-order valence-corrected chi connectivity index (χ2v) is 6.08. The normalized spacial score (nSPS) is 14.8. The molecule has 0 atom stereocenters. The Morgan fingerprint density at radius 2 is 1.76 bits per heavy atom. The van der Waals surface area contributed by atoms with Gasteiger partial charge in [-0.25, -0.2) is 0 Å². The van der Waals surface area contributed by atoms with Crippen molar-refractivity contribution < 1.29 is 4.68 Å². The Hall–Kier alpha value is -2.49. The van der Waals surface area contributed by atoms with E-state index in [2.05, 4.69) is 66.6 Å². The predicted molar refractivity (Wildman–Crippen MR) is 80.1 cm³/mol. The van der Waals surface area contributed by atoms with Gasteiger partial charge in [0.25, 0.3) is 6.33 Å². The average Bonchev–Trinajstić information content (AvgIpc) is 3.01. The van der Waals surface area contributed by atoms with Crippen molar-refractivity contribution in [2.24, 2.45) is 7.05 Å². The first kappa shape index (κ1) is 12.3. The Morgan fingerprint density at radius 3 is 2.52 bits per heavy atom. The smallest absolute Gasteiger partial charge is 0.142 e. The lowest BCUT2D eigenvalue weighted by Crippen LogP contribution is -2.30. The van der Waals surface area contributed by atoms with Crippen LogP contribution in [0.3, 0.4) is 0 Å². The first-order valence-electron chi connectivity index (χ1n) is 7.10. The molecule has 4 rings (SSSR count). The molecule has 0 saturated heterocycles. The van der Waals surface area contributed by atoms with E-state index in [1.54, 1.807) is 15.8 Å². The van der Waals surface area contributed by atoms with Crippen LogP contribution in [0.4, 0.5) is 0 Å². The number of hydrogen-bond acceptors (Lipinski definition) is 2. The van der Waals surface area contributed by atoms with Crippen LogP contribution in [0.1, 0.15) is 25.0 Å². The first-order valence-corrected chi connectivity index (χ1v) is 7.10. The molecule has 1 aliphatic rings. The summed E-state index contributed by atoms with van der Waals surface area (Å²) in [6, 6.07) is 15.1. The molecule has 0 aliphatic heterocycles. The van der Waals surface area contributed by atoms with Gasteiger partial charge < -0.3 is 0 Å². The van der Waals surface area contributed by atoms with Gasteiger partial charge in [-0.2, -0.15) is 0 Å². The fraction of sp³-hybridized carbons (Fsp3) is 0.235. The van der Waals surface area contributed by atoms with Gasteiger partial charge in [-0.05, 0) is 34.4 Å². The van der Waals surface area contributed by atoms with Crippen molar-refractivity contribution in [3.8, 4) is 16.8 Å². The maximum Gasteiger partial charge on any atom is 0.286 e. The van der Waals surface area contributed by atoms with Crippen LogP contribution >= 0.6 is 0 Å². The lowest BCUT2D eigenvalue weighted by Gasteiger charge is -2.21. The van der Waals surface area contributed by atoms with Crippen LogP contribution < -0.4 is 4.68 Å². The van der Waals surface area contributed by atoms with Gasteiger partial charge in [0.1, 0.15) is 0 Å². The Balaban J connectivity index is 1.93. The zero-order valence-electron chi connectivity index (χ0n) is 12.4. The minimum Gasteiger partial charge on any atom is -0.142 e. The van der Waals surface area contributed by atoms with Crippen LogP contribution in [-0.4, -0.2) is 15.1 Å². The zero-order valence-corrected chi connectivity index (χ0v) is 12.4. The number of nitrogens with zero attached hydrogens (tertiary/aromatic N) is 4. The summed E-state index contributed by atoms with van der Waals surface area (Å²) in [5.41, 5.74) is 6.38. The number of hydrogen-bond donors (Lipinski definition) is 0. The molecule has 0 bridgehead atoms. The summed E-state index contributed by atoms with van der Waals surface area (Å²) in [6.45, 7) is 4.55. The molecule has 1 heterocycles. The molecule has 0 unspecified atom stereocenters. The lowest BCUT2D eigenvalue weighted by molar-refractivity contribution is -0.732. The van der Waals surface area contributed by atoms with Crippen molar-refractivity contribution in [3.63, 3.8) is 0 Å². The quantitative estimate of drug-likeness (QED) is 0.640. The van der Waals surface area contributed by atoms with E-state index in [9.17, 15) is 0 Å². The highest BCUT2D eigenvalue weighted by Crippen LogP contribution is 2.48. The summed E-state index contributed by atoms with van der Waals surface area (Å²) in [4.78, 5) is 1.67. The van der Waals surface area contributed by atoms with E-state index < -0.39 is 0 Å². The number of rotatable bonds is 1. The van der Waals surface area contributed by atoms with E-state index in [0.29, 0.717) is 0 Å². The zero-order chi connectivity index (χ0) is 14.6. The van der Waals surface area contributed by atoms with Gasteiger partial charge in [0.15, 0.2) is 5.69 Å². The third kappa shape index (κ3) is 1.65. The van der Waals surface area contributed by atoms with Gasteiger partial charge in [-0.3, -0.25) is 0 Å². The molecule has 1 aliphatic carbocycles. The Kier molecular flexibility index (Phi) is 2.34. The maximum absolute atomic E-state index is 4.33. The van der Waals surface area contributed by atoms with Crippen LogP contribution in [-0.2, 0) is 12.5 Å². The highest BCUT2D eigenvalue weighted by atomic mass is 15.6. The van der Waals surface area contributed by atoms with Crippen molar-refractivity contribution in [3.05, 3.63) is 59.9 Å². The molecule has 0 amide bonds. The van der Waals surface area contributed by atoms with Crippen molar-refractivity contribution in [1.29, 1.82) is 0 Å². The van der Waals surface area contributed by atoms with Gasteiger partial charge in [0.05, 0.1) is 17.4 Å². The summed E-state index contributed by atoms with van der Waals surface area (Å²) < 4.78 is 1.70. The molecule has 0 spiro atoms. The van der Waals surface area contributed by atoms with Crippen molar-refractivity contribution >= 4 is 0 Å². The molecule has 0 saturated carbocycles. The number of benzene rings is 2. The van der Waals surface area contributed by atoms with Crippen LogP contribution in [0.2, 0.25) is 0 Å². The molecule has 21 heavy (non-hydrogen) atoms. The average molecular weight is 277 g/mol. The fourth-order valence-corrected chi connectivity index (χ4v) is 3.24. The summed E-state index contributed by atoms with van der Waals surface area (Å²) in [5, 5.41) is 8.60. The first-order chi connectivity index (χ1) is 10.1. The van der Waals surface area contributed by atoms with E-state index >= 15 is 0 Å². The van der Waals surface area contributed by atoms with Gasteiger partial charge >= 0.3 is 0 Å². The molecular formula is C17H17N4+. The third-order valence-electron chi connectivity index (χ3n) is 4.35. The van der Waals surface area contributed by atoms with Crippen LogP contribution in [0, 0.1) is 0 Å². The molecule has 4 heteroatoms. The molecule has 4 nitrogen and oxygen atoms in total. The number of fused-ring (bicyclic) bond motifs is 3. The van der Waals surface area contributed by atoms with Crippen molar-refractivity contribution in [2.75, 3.05) is 0 Å². The van der Waals surface area contributed by atoms with Gasteiger partial charge in [-0.15, -0.1) is 4.68 Å². The molecule has 104 valence electrons. The minimum absolute atomic E-state index is 0.0112. The predicted octanol–water partition coefficient (Wildman–Crippen LogP) is 2.40. The number of aromatic nitrogens is 4. The molecule has 0 N–H and O–H groups in total. The Labute approximate surface area is 123 Å². The molecular weight excluding hydrogens is 260 g/mol. The largest absolute Gasteiger partial charge is 0.286 e. The highest BCUT2D eigenvalue weighted by molar-refractivity contribution is 5.81. The lowest BCUT2D eigenvalue weighted by atomic mass is 9.82. The van der Waals surface area contributed by atoms with Crippen LogP contribution in [0.25, 0.3) is 16.8 Å². The van der Waals surface area contributed by atoms with Gasteiger partial charge in [0, 0.05) is 10.2 Å². The Morgan fingerprint density at radius 1 is 1.00 bits per heavy atom. The van der Waals surface area contributed by atoms with E-state index in [1.165, 1.54) is 22.3 Å². The second-order valence-electron chi connectivity index (χ2n) is 6.08. The van der Waals surface area contributed by atoms with E-state index in [0.717, 1.165) is 5.69 Å². The maximum atomic E-state index is 4.33. The minimum atomic E-state index is 0.0112. The highest BCUT2D eigenvalue weighted by Gasteiger charge is 2.35. The van der Waals surface area contributed by atoms with Crippen LogP contribution in [0.15, 0.2) is 48.8 Å². The van der Waals surface area contributed by atoms with Crippen molar-refractivity contribution in [2.45, 2.75) is 19.3 Å². The molecule has 1 aromatic heterocycles. The molecule has 2 aromatic carbocycles. The topological polar surface area (TPSA) is 34.6 Å².